The standard InChI is InChI=1S/C4H11N2/c1-3-6(5)4-2/h5H,3-4H2,1-2H3. The summed E-state index contributed by atoms with van der Waals surface area (Å²) in [6.07, 6.45) is 0. The molecule has 0 aliphatic rings. The lowest BCUT2D eigenvalue weighted by Gasteiger charge is -2.05. The lowest BCUT2D eigenvalue weighted by Crippen LogP contribution is -2.19. The largest absolute Gasteiger partial charge is 0.230 e. The van der Waals surface area contributed by atoms with Crippen LogP contribution in [0, 0.1) is 0 Å². The molecule has 6 heavy (non-hydrogen) atoms. The fourth-order valence-corrected chi connectivity index (χ4v) is 0.224. The summed E-state index contributed by atoms with van der Waals surface area (Å²) >= 11 is 0. The SMILES string of the molecule is CCN([NH])CC. The van der Waals surface area contributed by atoms with Gasteiger partial charge in [0.1, 0.15) is 0 Å². The van der Waals surface area contributed by atoms with E-state index in [1.807, 2.05) is 13.8 Å². The Kier molecular flexibility index (Phi) is 3.08. The molecule has 0 aromatic carbocycles. The van der Waals surface area contributed by atoms with Gasteiger partial charge in [-0.25, -0.2) is 5.01 Å². The molecule has 0 bridgehead atoms. The van der Waals surface area contributed by atoms with E-state index in [9.17, 15) is 0 Å². The molecule has 0 rings (SSSR count). The normalized spacial score (nSPS) is 10.0. The molecule has 0 saturated carbocycles. The smallest absolute Gasteiger partial charge is 0.0116 e. The second kappa shape index (κ2) is 3.12. The zero-order chi connectivity index (χ0) is 4.99. The highest BCUT2D eigenvalue weighted by Crippen LogP contribution is 1.71. The molecule has 0 unspecified atom stereocenters. The van der Waals surface area contributed by atoms with Gasteiger partial charge in [-0.3, -0.25) is 0 Å². The van der Waals surface area contributed by atoms with E-state index in [0.29, 0.717) is 0 Å². The second-order valence-corrected chi connectivity index (χ2v) is 1.17. The van der Waals surface area contributed by atoms with Crippen LogP contribution in [0.1, 0.15) is 13.8 Å². The molecule has 0 aliphatic heterocycles. The molecule has 37 valence electrons. The van der Waals surface area contributed by atoms with Gasteiger partial charge in [-0.1, -0.05) is 13.8 Å². The lowest BCUT2D eigenvalue weighted by molar-refractivity contribution is 0.297. The van der Waals surface area contributed by atoms with Crippen molar-refractivity contribution in [1.29, 1.82) is 0 Å². The van der Waals surface area contributed by atoms with Crippen LogP contribution in [0.25, 0.3) is 0 Å². The van der Waals surface area contributed by atoms with Gasteiger partial charge < -0.3 is 0 Å². The average Bonchev–Trinajstić information content (AvgIpc) is 1.65. The van der Waals surface area contributed by atoms with E-state index < -0.39 is 0 Å². The molecule has 2 heteroatoms. The topological polar surface area (TPSA) is 27.0 Å². The van der Waals surface area contributed by atoms with Crippen molar-refractivity contribution in [3.63, 3.8) is 0 Å². The minimum Gasteiger partial charge on any atom is -0.230 e. The van der Waals surface area contributed by atoms with E-state index in [4.69, 9.17) is 5.84 Å². The third kappa shape index (κ3) is 2.18. The van der Waals surface area contributed by atoms with Crippen LogP contribution >= 0.6 is 0 Å². The first kappa shape index (κ1) is 5.92. The molecular formula is C4H11N2. The number of hydrogen-bond donors (Lipinski definition) is 0. The van der Waals surface area contributed by atoms with E-state index in [-0.39, 0.29) is 0 Å². The molecule has 1 N–H and O–H groups in total. The highest BCUT2D eigenvalue weighted by atomic mass is 15.4. The summed E-state index contributed by atoms with van der Waals surface area (Å²) in [5, 5.41) is 1.50. The predicted molar refractivity (Wildman–Crippen MR) is 26.0 cm³/mol. The second-order valence-electron chi connectivity index (χ2n) is 1.17. The molecule has 0 aromatic rings. The summed E-state index contributed by atoms with van der Waals surface area (Å²) in [5.41, 5.74) is 0. The van der Waals surface area contributed by atoms with Gasteiger partial charge in [0, 0.05) is 13.1 Å². The summed E-state index contributed by atoms with van der Waals surface area (Å²) < 4.78 is 0. The van der Waals surface area contributed by atoms with Crippen LogP contribution in [0.3, 0.4) is 0 Å². The van der Waals surface area contributed by atoms with E-state index in [0.717, 1.165) is 13.1 Å². The number of rotatable bonds is 2. The maximum atomic E-state index is 6.90. The summed E-state index contributed by atoms with van der Waals surface area (Å²) in [7, 11) is 0. The monoisotopic (exact) mass is 87.1 g/mol. The van der Waals surface area contributed by atoms with E-state index in [2.05, 4.69) is 0 Å². The van der Waals surface area contributed by atoms with Crippen molar-refractivity contribution >= 4 is 0 Å². The van der Waals surface area contributed by atoms with E-state index in [1.165, 1.54) is 5.01 Å². The van der Waals surface area contributed by atoms with Crippen molar-refractivity contribution in [2.45, 2.75) is 13.8 Å². The Hall–Kier alpha value is -0.0800. The summed E-state index contributed by atoms with van der Waals surface area (Å²) in [5.74, 6) is 6.90. The number of hydrogen-bond acceptors (Lipinski definition) is 1. The van der Waals surface area contributed by atoms with Gasteiger partial charge >= 0.3 is 0 Å². The summed E-state index contributed by atoms with van der Waals surface area (Å²) in [4.78, 5) is 0. The van der Waals surface area contributed by atoms with Crippen molar-refractivity contribution in [1.82, 2.24) is 10.9 Å². The first-order valence-corrected chi connectivity index (χ1v) is 2.27. The van der Waals surface area contributed by atoms with Gasteiger partial charge in [-0.05, 0) is 0 Å². The van der Waals surface area contributed by atoms with Crippen LogP contribution in [0.4, 0.5) is 0 Å². The highest BCUT2D eigenvalue weighted by molar-refractivity contribution is 4.31. The Morgan fingerprint density at radius 3 is 1.67 bits per heavy atom. The Morgan fingerprint density at radius 1 is 1.33 bits per heavy atom. The van der Waals surface area contributed by atoms with Crippen LogP contribution in [0.2, 0.25) is 0 Å². The van der Waals surface area contributed by atoms with Crippen LogP contribution in [-0.4, -0.2) is 18.1 Å². The van der Waals surface area contributed by atoms with Gasteiger partial charge in [0.2, 0.25) is 0 Å². The zero-order valence-electron chi connectivity index (χ0n) is 4.36. The minimum absolute atomic E-state index is 0.830. The van der Waals surface area contributed by atoms with Gasteiger partial charge in [0.15, 0.2) is 0 Å². The maximum absolute atomic E-state index is 6.90. The first-order valence-electron chi connectivity index (χ1n) is 2.27. The molecular weight excluding hydrogens is 76.1 g/mol. The van der Waals surface area contributed by atoms with E-state index >= 15 is 0 Å². The molecule has 0 heterocycles. The zero-order valence-corrected chi connectivity index (χ0v) is 4.36. The number of nitrogens with zero attached hydrogens (tertiary/aromatic N) is 1. The minimum atomic E-state index is 0.830. The molecule has 1 radical (unpaired) electrons. The average molecular weight is 87.1 g/mol. The highest BCUT2D eigenvalue weighted by Gasteiger charge is 1.83. The van der Waals surface area contributed by atoms with Gasteiger partial charge in [-0.2, -0.15) is 5.84 Å². The molecule has 0 fully saturated rings. The van der Waals surface area contributed by atoms with Crippen LogP contribution in [0.15, 0.2) is 0 Å². The van der Waals surface area contributed by atoms with Gasteiger partial charge in [0.25, 0.3) is 0 Å². The molecule has 0 spiro atoms. The van der Waals surface area contributed by atoms with Crippen molar-refractivity contribution in [2.75, 3.05) is 13.1 Å². The Bertz CT molecular complexity index is 24.7. The van der Waals surface area contributed by atoms with Crippen LogP contribution < -0.4 is 5.84 Å². The van der Waals surface area contributed by atoms with Crippen molar-refractivity contribution in [3.8, 4) is 0 Å². The third-order valence-corrected chi connectivity index (χ3v) is 0.763. The summed E-state index contributed by atoms with van der Waals surface area (Å²) in [6, 6.07) is 0. The molecule has 0 saturated heterocycles. The fourth-order valence-electron chi connectivity index (χ4n) is 0.224. The van der Waals surface area contributed by atoms with Crippen molar-refractivity contribution < 1.29 is 0 Å². The van der Waals surface area contributed by atoms with Crippen molar-refractivity contribution in [3.05, 3.63) is 0 Å². The van der Waals surface area contributed by atoms with Gasteiger partial charge in [0.05, 0.1) is 0 Å². The third-order valence-electron chi connectivity index (χ3n) is 0.763. The Balaban J connectivity index is 2.75. The molecule has 0 amide bonds. The number of nitrogens with one attached hydrogen (secondary N) is 1. The molecule has 2 nitrogen and oxygen atoms in total. The molecule has 0 aliphatic carbocycles. The lowest BCUT2D eigenvalue weighted by atomic mass is 10.6. The maximum Gasteiger partial charge on any atom is 0.0116 e. The van der Waals surface area contributed by atoms with Gasteiger partial charge in [-0.15, -0.1) is 0 Å². The van der Waals surface area contributed by atoms with E-state index in [1.54, 1.807) is 0 Å². The Labute approximate surface area is 38.9 Å². The Morgan fingerprint density at radius 2 is 1.67 bits per heavy atom. The van der Waals surface area contributed by atoms with Crippen LogP contribution in [0.5, 0.6) is 0 Å². The van der Waals surface area contributed by atoms with Crippen molar-refractivity contribution in [2.24, 2.45) is 0 Å². The predicted octanol–water partition coefficient (Wildman–Crippen LogP) is 0.526. The molecule has 0 atom stereocenters. The first-order chi connectivity index (χ1) is 2.81. The molecule has 0 aromatic heterocycles. The van der Waals surface area contributed by atoms with Crippen LogP contribution in [-0.2, 0) is 0 Å². The fraction of sp³-hybridized carbons (Fsp3) is 1.00. The quantitative estimate of drug-likeness (QED) is 0.451. The summed E-state index contributed by atoms with van der Waals surface area (Å²) in [6.45, 7) is 5.60.